The van der Waals surface area contributed by atoms with Gasteiger partial charge in [-0.1, -0.05) is 53.7 Å². The molecular weight excluding hydrogens is 306 g/mol. The molecule has 1 aromatic heterocycles. The van der Waals surface area contributed by atoms with E-state index >= 15 is 0 Å². The molecule has 0 unspecified atom stereocenters. The number of rotatable bonds is 3. The minimum atomic E-state index is -1.05. The van der Waals surface area contributed by atoms with Crippen molar-refractivity contribution in [1.82, 2.24) is 4.98 Å². The average Bonchev–Trinajstić information content (AvgIpc) is 2.49. The van der Waals surface area contributed by atoms with Gasteiger partial charge in [-0.15, -0.1) is 0 Å². The van der Waals surface area contributed by atoms with Crippen LogP contribution in [0.3, 0.4) is 0 Å². The SMILES string of the molecule is O=C(O)c1ccnc(Sc2ccc3ccccc3c2)c1Cl. The van der Waals surface area contributed by atoms with Gasteiger partial charge in [-0.25, -0.2) is 9.78 Å². The van der Waals surface area contributed by atoms with Gasteiger partial charge in [-0.2, -0.15) is 0 Å². The zero-order valence-corrected chi connectivity index (χ0v) is 12.4. The highest BCUT2D eigenvalue weighted by Gasteiger charge is 2.14. The summed E-state index contributed by atoms with van der Waals surface area (Å²) in [6, 6.07) is 15.5. The standard InChI is InChI=1S/C16H10ClNO2S/c17-14-13(16(19)20)7-8-18-15(14)21-12-6-5-10-3-1-2-4-11(10)9-12/h1-9H,(H,19,20). The molecule has 0 saturated heterocycles. The van der Waals surface area contributed by atoms with Crippen molar-refractivity contribution in [2.24, 2.45) is 0 Å². The zero-order chi connectivity index (χ0) is 14.8. The number of fused-ring (bicyclic) bond motifs is 1. The van der Waals surface area contributed by atoms with E-state index in [1.54, 1.807) is 0 Å². The predicted octanol–water partition coefficient (Wildman–Crippen LogP) is 4.74. The van der Waals surface area contributed by atoms with Crippen molar-refractivity contribution in [3.63, 3.8) is 0 Å². The third-order valence-electron chi connectivity index (χ3n) is 3.02. The van der Waals surface area contributed by atoms with Crippen LogP contribution in [-0.2, 0) is 0 Å². The van der Waals surface area contributed by atoms with Gasteiger partial charge in [-0.05, 0) is 29.0 Å². The Kier molecular flexibility index (Phi) is 3.82. The number of hydrogen-bond donors (Lipinski definition) is 1. The number of carboxylic acid groups (broad SMARTS) is 1. The van der Waals surface area contributed by atoms with Crippen LogP contribution in [0.2, 0.25) is 5.02 Å². The Labute approximate surface area is 130 Å². The van der Waals surface area contributed by atoms with E-state index in [1.807, 2.05) is 42.5 Å². The van der Waals surface area contributed by atoms with Crippen LogP contribution in [0.1, 0.15) is 10.4 Å². The first kappa shape index (κ1) is 13.9. The summed E-state index contributed by atoms with van der Waals surface area (Å²) in [4.78, 5) is 16.2. The first-order valence-electron chi connectivity index (χ1n) is 6.19. The van der Waals surface area contributed by atoms with Crippen LogP contribution in [0.4, 0.5) is 0 Å². The fourth-order valence-electron chi connectivity index (χ4n) is 2.00. The molecule has 0 spiro atoms. The van der Waals surface area contributed by atoms with Gasteiger partial charge >= 0.3 is 5.97 Å². The summed E-state index contributed by atoms with van der Waals surface area (Å²) in [6.07, 6.45) is 1.46. The second kappa shape index (κ2) is 5.76. The van der Waals surface area contributed by atoms with E-state index < -0.39 is 5.97 Å². The van der Waals surface area contributed by atoms with E-state index in [-0.39, 0.29) is 10.6 Å². The molecule has 0 bridgehead atoms. The summed E-state index contributed by atoms with van der Waals surface area (Å²) in [7, 11) is 0. The molecule has 0 aliphatic rings. The number of nitrogens with zero attached hydrogens (tertiary/aromatic N) is 1. The number of aromatic nitrogens is 1. The molecule has 0 aliphatic heterocycles. The molecule has 0 saturated carbocycles. The highest BCUT2D eigenvalue weighted by Crippen LogP contribution is 2.34. The van der Waals surface area contributed by atoms with Gasteiger partial charge in [0.1, 0.15) is 5.03 Å². The van der Waals surface area contributed by atoms with Crippen LogP contribution < -0.4 is 0 Å². The highest BCUT2D eigenvalue weighted by atomic mass is 35.5. The van der Waals surface area contributed by atoms with Crippen LogP contribution in [0, 0.1) is 0 Å². The van der Waals surface area contributed by atoms with Gasteiger partial charge in [0.25, 0.3) is 0 Å². The maximum Gasteiger partial charge on any atom is 0.337 e. The largest absolute Gasteiger partial charge is 0.478 e. The molecular formula is C16H10ClNO2S. The first-order chi connectivity index (χ1) is 10.1. The Balaban J connectivity index is 1.98. The fraction of sp³-hybridized carbons (Fsp3) is 0. The Hall–Kier alpha value is -2.04. The molecule has 1 N–H and O–H groups in total. The molecule has 3 aromatic rings. The second-order valence-corrected chi connectivity index (χ2v) is 5.83. The highest BCUT2D eigenvalue weighted by molar-refractivity contribution is 7.99. The summed E-state index contributed by atoms with van der Waals surface area (Å²) in [5, 5.41) is 12.0. The van der Waals surface area contributed by atoms with E-state index in [0.717, 1.165) is 15.7 Å². The normalized spacial score (nSPS) is 10.7. The van der Waals surface area contributed by atoms with Crippen molar-refractivity contribution >= 4 is 40.1 Å². The summed E-state index contributed by atoms with van der Waals surface area (Å²) in [5.74, 6) is -1.05. The number of halogens is 1. The average molecular weight is 316 g/mol. The molecule has 0 fully saturated rings. The van der Waals surface area contributed by atoms with E-state index in [0.29, 0.717) is 5.03 Å². The maximum absolute atomic E-state index is 11.1. The van der Waals surface area contributed by atoms with Crippen molar-refractivity contribution < 1.29 is 9.90 Å². The molecule has 0 radical (unpaired) electrons. The van der Waals surface area contributed by atoms with Gasteiger partial charge in [0.05, 0.1) is 10.6 Å². The number of benzene rings is 2. The minimum absolute atomic E-state index is 0.0648. The van der Waals surface area contributed by atoms with E-state index in [1.165, 1.54) is 24.0 Å². The molecule has 2 aromatic carbocycles. The van der Waals surface area contributed by atoms with Gasteiger partial charge in [0, 0.05) is 11.1 Å². The monoisotopic (exact) mass is 315 g/mol. The van der Waals surface area contributed by atoms with Crippen LogP contribution >= 0.6 is 23.4 Å². The number of pyridine rings is 1. The molecule has 0 amide bonds. The lowest BCUT2D eigenvalue weighted by molar-refractivity contribution is 0.0696. The third-order valence-corrected chi connectivity index (χ3v) is 4.51. The molecule has 0 atom stereocenters. The van der Waals surface area contributed by atoms with Crippen molar-refractivity contribution in [3.05, 3.63) is 65.3 Å². The molecule has 104 valence electrons. The molecule has 21 heavy (non-hydrogen) atoms. The third kappa shape index (κ3) is 2.86. The van der Waals surface area contributed by atoms with Crippen molar-refractivity contribution in [3.8, 4) is 0 Å². The van der Waals surface area contributed by atoms with Crippen molar-refractivity contribution in [2.75, 3.05) is 0 Å². The quantitative estimate of drug-likeness (QED) is 0.758. The lowest BCUT2D eigenvalue weighted by Gasteiger charge is -2.06. The topological polar surface area (TPSA) is 50.2 Å². The predicted molar refractivity (Wildman–Crippen MR) is 84.3 cm³/mol. The molecule has 3 nitrogen and oxygen atoms in total. The Morgan fingerprint density at radius 2 is 1.86 bits per heavy atom. The van der Waals surface area contributed by atoms with Gasteiger partial charge in [-0.3, -0.25) is 0 Å². The van der Waals surface area contributed by atoms with Gasteiger partial charge in [0.15, 0.2) is 0 Å². The lowest BCUT2D eigenvalue weighted by atomic mass is 10.1. The van der Waals surface area contributed by atoms with Gasteiger partial charge < -0.3 is 5.11 Å². The van der Waals surface area contributed by atoms with E-state index in [4.69, 9.17) is 16.7 Å². The Bertz CT molecular complexity index is 835. The van der Waals surface area contributed by atoms with Crippen LogP contribution in [-0.4, -0.2) is 16.1 Å². The summed E-state index contributed by atoms with van der Waals surface area (Å²) < 4.78 is 0. The number of hydrogen-bond acceptors (Lipinski definition) is 3. The first-order valence-corrected chi connectivity index (χ1v) is 7.39. The van der Waals surface area contributed by atoms with Gasteiger partial charge in [0.2, 0.25) is 0 Å². The van der Waals surface area contributed by atoms with Crippen LogP contribution in [0.5, 0.6) is 0 Å². The van der Waals surface area contributed by atoms with Crippen molar-refractivity contribution in [2.45, 2.75) is 9.92 Å². The minimum Gasteiger partial charge on any atom is -0.478 e. The number of carboxylic acids is 1. The molecule has 1 heterocycles. The fourth-order valence-corrected chi connectivity index (χ4v) is 3.17. The Morgan fingerprint density at radius 3 is 2.62 bits per heavy atom. The smallest absolute Gasteiger partial charge is 0.337 e. The van der Waals surface area contributed by atoms with Crippen LogP contribution in [0.25, 0.3) is 10.8 Å². The zero-order valence-electron chi connectivity index (χ0n) is 10.8. The van der Waals surface area contributed by atoms with Crippen molar-refractivity contribution in [1.29, 1.82) is 0 Å². The lowest BCUT2D eigenvalue weighted by Crippen LogP contribution is -1.99. The maximum atomic E-state index is 11.1. The summed E-state index contributed by atoms with van der Waals surface area (Å²) >= 11 is 7.46. The van der Waals surface area contributed by atoms with E-state index in [2.05, 4.69) is 4.98 Å². The Morgan fingerprint density at radius 1 is 1.10 bits per heavy atom. The van der Waals surface area contributed by atoms with Crippen LogP contribution in [0.15, 0.2) is 64.6 Å². The summed E-state index contributed by atoms with van der Waals surface area (Å²) in [6.45, 7) is 0. The number of carbonyl (C=O) groups is 1. The summed E-state index contributed by atoms with van der Waals surface area (Å²) in [5.41, 5.74) is 0.0648. The molecule has 3 rings (SSSR count). The molecule has 5 heteroatoms. The molecule has 0 aliphatic carbocycles. The second-order valence-electron chi connectivity index (χ2n) is 4.39. The van der Waals surface area contributed by atoms with E-state index in [9.17, 15) is 4.79 Å². The number of aromatic carboxylic acids is 1.